The van der Waals surface area contributed by atoms with E-state index in [4.69, 9.17) is 0 Å². The van der Waals surface area contributed by atoms with Crippen LogP contribution in [0.3, 0.4) is 0 Å². The smallest absolute Gasteiger partial charge is 0.272 e. The molecule has 1 fully saturated rings. The molecule has 0 saturated carbocycles. The van der Waals surface area contributed by atoms with Crippen LogP contribution in [0.25, 0.3) is 6.08 Å². The topological polar surface area (TPSA) is 65.5 Å². The van der Waals surface area contributed by atoms with Crippen LogP contribution in [0.5, 0.6) is 0 Å². The molecule has 0 spiro atoms. The molecule has 5 heteroatoms. The molecular weight excluding hydrogens is 362 g/mol. The molecule has 0 unspecified atom stereocenters. The van der Waals surface area contributed by atoms with Crippen LogP contribution in [0.4, 0.5) is 0 Å². The lowest BCUT2D eigenvalue weighted by atomic mass is 9.77. The van der Waals surface area contributed by atoms with Crippen molar-refractivity contribution < 1.29 is 9.90 Å². The zero-order chi connectivity index (χ0) is 20.8. The summed E-state index contributed by atoms with van der Waals surface area (Å²) in [7, 11) is 0. The van der Waals surface area contributed by atoms with Crippen LogP contribution < -0.4 is 5.32 Å². The lowest BCUT2D eigenvalue weighted by Gasteiger charge is -2.47. The maximum Gasteiger partial charge on any atom is 0.272 e. The van der Waals surface area contributed by atoms with Crippen molar-refractivity contribution in [2.45, 2.75) is 38.8 Å². The second-order valence-corrected chi connectivity index (χ2v) is 8.07. The summed E-state index contributed by atoms with van der Waals surface area (Å²) in [6.07, 6.45) is 5.74. The number of amides is 1. The molecule has 1 aliphatic rings. The van der Waals surface area contributed by atoms with E-state index in [1.165, 1.54) is 5.56 Å². The molecule has 154 valence electrons. The van der Waals surface area contributed by atoms with Gasteiger partial charge in [-0.25, -0.2) is 0 Å². The number of allylic oxidation sites excluding steroid dienone is 1. The summed E-state index contributed by atoms with van der Waals surface area (Å²) in [5.41, 5.74) is 2.82. The van der Waals surface area contributed by atoms with Gasteiger partial charge in [0, 0.05) is 37.3 Å². The highest BCUT2D eigenvalue weighted by atomic mass is 16.3. The van der Waals surface area contributed by atoms with Gasteiger partial charge in [0.2, 0.25) is 0 Å². The van der Waals surface area contributed by atoms with Crippen molar-refractivity contribution >= 4 is 12.0 Å². The molecule has 1 amide bonds. The number of pyridine rings is 1. The third-order valence-electron chi connectivity index (χ3n) is 5.35. The van der Waals surface area contributed by atoms with E-state index in [1.54, 1.807) is 12.3 Å². The molecule has 29 heavy (non-hydrogen) atoms. The fourth-order valence-corrected chi connectivity index (χ4v) is 4.03. The fourth-order valence-electron chi connectivity index (χ4n) is 4.03. The number of aliphatic hydroxyl groups excluding tert-OH is 1. The summed E-state index contributed by atoms with van der Waals surface area (Å²) < 4.78 is 0. The minimum atomic E-state index is -0.0456. The SMILES string of the molecule is C/C=C/c1ccc([C@@H]2[C@@H](CO)N[C@@H]2CN(CC(C)C)C(=O)c2ccccn2)cc1. The lowest BCUT2D eigenvalue weighted by Crippen LogP contribution is -2.65. The Hall–Kier alpha value is -2.50. The number of hydrogen-bond acceptors (Lipinski definition) is 4. The van der Waals surface area contributed by atoms with Crippen LogP contribution in [-0.2, 0) is 0 Å². The Morgan fingerprint density at radius 3 is 2.55 bits per heavy atom. The second-order valence-electron chi connectivity index (χ2n) is 8.07. The molecule has 3 atom stereocenters. The summed E-state index contributed by atoms with van der Waals surface area (Å²) in [5, 5.41) is 13.2. The highest BCUT2D eigenvalue weighted by molar-refractivity contribution is 5.92. The van der Waals surface area contributed by atoms with Gasteiger partial charge in [0.25, 0.3) is 5.91 Å². The normalized spacial score (nSPS) is 21.3. The van der Waals surface area contributed by atoms with E-state index in [2.05, 4.69) is 54.5 Å². The number of rotatable bonds is 8. The molecule has 2 N–H and O–H groups in total. The van der Waals surface area contributed by atoms with E-state index < -0.39 is 0 Å². The molecule has 1 saturated heterocycles. The number of carbonyl (C=O) groups is 1. The van der Waals surface area contributed by atoms with Crippen LogP contribution in [-0.4, -0.2) is 52.7 Å². The first kappa shape index (κ1) is 21.2. The van der Waals surface area contributed by atoms with Crippen LogP contribution in [0.15, 0.2) is 54.7 Å². The van der Waals surface area contributed by atoms with Gasteiger partial charge in [-0.2, -0.15) is 0 Å². The summed E-state index contributed by atoms with van der Waals surface area (Å²) in [6.45, 7) is 7.57. The summed E-state index contributed by atoms with van der Waals surface area (Å²) in [5.74, 6) is 0.483. The van der Waals surface area contributed by atoms with E-state index in [-0.39, 0.29) is 30.5 Å². The Bertz CT molecular complexity index is 818. The number of aromatic nitrogens is 1. The standard InChI is InChI=1S/C24H31N3O2/c1-4-7-18-9-11-19(12-10-18)23-21(26-22(23)16-28)15-27(14-17(2)3)24(29)20-8-5-6-13-25-20/h4-13,17,21-23,26,28H,14-16H2,1-3H3/b7-4+/t21-,22-,23+/m1/s1. The van der Waals surface area contributed by atoms with Gasteiger partial charge in [0.05, 0.1) is 6.61 Å². The Labute approximate surface area is 173 Å². The van der Waals surface area contributed by atoms with Crippen molar-refractivity contribution in [2.24, 2.45) is 5.92 Å². The minimum Gasteiger partial charge on any atom is -0.395 e. The van der Waals surface area contributed by atoms with Crippen LogP contribution in [0.2, 0.25) is 0 Å². The summed E-state index contributed by atoms with van der Waals surface area (Å²) in [4.78, 5) is 19.2. The number of carbonyl (C=O) groups excluding carboxylic acids is 1. The van der Waals surface area contributed by atoms with Gasteiger partial charge >= 0.3 is 0 Å². The van der Waals surface area contributed by atoms with Crippen molar-refractivity contribution in [1.82, 2.24) is 15.2 Å². The van der Waals surface area contributed by atoms with E-state index in [0.29, 0.717) is 24.7 Å². The third-order valence-corrected chi connectivity index (χ3v) is 5.35. The van der Waals surface area contributed by atoms with Crippen molar-refractivity contribution in [2.75, 3.05) is 19.7 Å². The van der Waals surface area contributed by atoms with Crippen LogP contribution >= 0.6 is 0 Å². The average molecular weight is 394 g/mol. The van der Waals surface area contributed by atoms with Crippen molar-refractivity contribution in [3.8, 4) is 0 Å². The molecule has 5 nitrogen and oxygen atoms in total. The van der Waals surface area contributed by atoms with E-state index in [1.807, 2.05) is 30.0 Å². The predicted octanol–water partition coefficient (Wildman–Crippen LogP) is 3.33. The lowest BCUT2D eigenvalue weighted by molar-refractivity contribution is 0.0599. The van der Waals surface area contributed by atoms with Gasteiger partial charge in [0.15, 0.2) is 0 Å². The number of benzene rings is 1. The molecule has 2 aromatic rings. The quantitative estimate of drug-likeness (QED) is 0.722. The number of nitrogens with one attached hydrogen (secondary N) is 1. The maximum absolute atomic E-state index is 13.0. The fraction of sp³-hybridized carbons (Fsp3) is 0.417. The summed E-state index contributed by atoms with van der Waals surface area (Å²) in [6, 6.07) is 14.0. The highest BCUT2D eigenvalue weighted by Gasteiger charge is 2.42. The van der Waals surface area contributed by atoms with Crippen molar-refractivity contribution in [3.05, 3.63) is 71.6 Å². The number of hydrogen-bond donors (Lipinski definition) is 2. The van der Waals surface area contributed by atoms with Crippen molar-refractivity contribution in [3.63, 3.8) is 0 Å². The minimum absolute atomic E-state index is 0.0124. The van der Waals surface area contributed by atoms with Gasteiger partial charge < -0.3 is 15.3 Å². The predicted molar refractivity (Wildman–Crippen MR) is 117 cm³/mol. The van der Waals surface area contributed by atoms with E-state index in [9.17, 15) is 9.90 Å². The van der Waals surface area contributed by atoms with Gasteiger partial charge in [-0.05, 0) is 36.1 Å². The molecular formula is C24H31N3O2. The molecule has 0 aliphatic carbocycles. The Balaban J connectivity index is 1.78. The third kappa shape index (κ3) is 5.11. The van der Waals surface area contributed by atoms with Gasteiger partial charge in [-0.3, -0.25) is 9.78 Å². The number of nitrogens with zero attached hydrogens (tertiary/aromatic N) is 2. The van der Waals surface area contributed by atoms with Gasteiger partial charge in [0.1, 0.15) is 5.69 Å². The molecule has 1 aromatic heterocycles. The molecule has 0 radical (unpaired) electrons. The molecule has 3 rings (SSSR count). The number of aliphatic hydroxyl groups is 1. The highest BCUT2D eigenvalue weighted by Crippen LogP contribution is 2.33. The van der Waals surface area contributed by atoms with Crippen LogP contribution in [0, 0.1) is 5.92 Å². The first-order valence-electron chi connectivity index (χ1n) is 10.3. The summed E-state index contributed by atoms with van der Waals surface area (Å²) >= 11 is 0. The second kappa shape index (κ2) is 9.81. The van der Waals surface area contributed by atoms with E-state index in [0.717, 1.165) is 5.56 Å². The molecule has 2 heterocycles. The first-order chi connectivity index (χ1) is 14.0. The van der Waals surface area contributed by atoms with Gasteiger partial charge in [-0.15, -0.1) is 0 Å². The zero-order valence-electron chi connectivity index (χ0n) is 17.5. The molecule has 1 aliphatic heterocycles. The maximum atomic E-state index is 13.0. The zero-order valence-corrected chi connectivity index (χ0v) is 17.5. The molecule has 1 aromatic carbocycles. The Kier molecular flexibility index (Phi) is 7.18. The van der Waals surface area contributed by atoms with Crippen LogP contribution in [0.1, 0.15) is 48.3 Å². The monoisotopic (exact) mass is 393 g/mol. The molecule has 0 bridgehead atoms. The first-order valence-corrected chi connectivity index (χ1v) is 10.3. The van der Waals surface area contributed by atoms with E-state index >= 15 is 0 Å². The average Bonchev–Trinajstić information content (AvgIpc) is 2.71. The van der Waals surface area contributed by atoms with Crippen molar-refractivity contribution in [1.29, 1.82) is 0 Å². The largest absolute Gasteiger partial charge is 0.395 e. The Morgan fingerprint density at radius 2 is 1.97 bits per heavy atom. The Morgan fingerprint density at radius 1 is 1.21 bits per heavy atom. The van der Waals surface area contributed by atoms with Gasteiger partial charge in [-0.1, -0.05) is 56.3 Å².